The highest BCUT2D eigenvalue weighted by Gasteiger charge is 2.12. The van der Waals surface area contributed by atoms with Crippen molar-refractivity contribution in [1.82, 2.24) is 0 Å². The maximum absolute atomic E-state index is 10.5. The van der Waals surface area contributed by atoms with Crippen LogP contribution in [-0.4, -0.2) is 11.6 Å². The van der Waals surface area contributed by atoms with Crippen LogP contribution in [0.5, 0.6) is 0 Å². The largest absolute Gasteiger partial charge is 0.457 e. The van der Waals surface area contributed by atoms with E-state index in [0.29, 0.717) is 0 Å². The van der Waals surface area contributed by atoms with E-state index in [2.05, 4.69) is 6.58 Å². The van der Waals surface area contributed by atoms with Gasteiger partial charge in [0.15, 0.2) is 0 Å². The molecule has 0 unspecified atom stereocenters. The van der Waals surface area contributed by atoms with E-state index in [1.165, 1.54) is 122 Å². The highest BCUT2D eigenvalue weighted by Crippen LogP contribution is 2.16. The van der Waals surface area contributed by atoms with Gasteiger partial charge in [-0.3, -0.25) is 0 Å². The molecule has 0 amide bonds. The maximum Gasteiger partial charge on any atom is 0.330 e. The van der Waals surface area contributed by atoms with Crippen molar-refractivity contribution in [3.8, 4) is 0 Å². The lowest BCUT2D eigenvalue weighted by Gasteiger charge is -2.17. The molecule has 0 aromatic rings. The summed E-state index contributed by atoms with van der Waals surface area (Å²) in [4.78, 5) is 10.5. The van der Waals surface area contributed by atoms with Crippen LogP contribution in [0.4, 0.5) is 0 Å². The second-order valence-electron chi connectivity index (χ2n) is 9.46. The molecule has 0 bridgehead atoms. The number of ether oxygens (including phenoxy) is 1. The SMILES string of the molecule is C1CCCCCCCCCCCCCCCCCC1.C=CC(=O)OC(C)(C)C. The smallest absolute Gasteiger partial charge is 0.330 e. The van der Waals surface area contributed by atoms with Crippen LogP contribution in [0.1, 0.15) is 143 Å². The van der Waals surface area contributed by atoms with Gasteiger partial charge in [0.25, 0.3) is 0 Å². The fourth-order valence-corrected chi connectivity index (χ4v) is 3.70. The van der Waals surface area contributed by atoms with E-state index in [1.807, 2.05) is 20.8 Å². The van der Waals surface area contributed by atoms with Gasteiger partial charge >= 0.3 is 5.97 Å². The Bertz CT molecular complexity index is 273. The summed E-state index contributed by atoms with van der Waals surface area (Å²) < 4.78 is 4.83. The highest BCUT2D eigenvalue weighted by molar-refractivity contribution is 5.81. The second-order valence-corrected chi connectivity index (χ2v) is 9.46. The molecule has 0 saturated heterocycles. The van der Waals surface area contributed by atoms with Crippen LogP contribution in [-0.2, 0) is 9.53 Å². The predicted molar refractivity (Wildman–Crippen MR) is 124 cm³/mol. The number of rotatable bonds is 1. The lowest BCUT2D eigenvalue weighted by Crippen LogP contribution is -2.22. The molecule has 166 valence electrons. The molecule has 1 fully saturated rings. The molecule has 0 atom stereocenters. The number of hydrogen-bond donors (Lipinski definition) is 0. The molecule has 1 rings (SSSR count). The van der Waals surface area contributed by atoms with Crippen LogP contribution >= 0.6 is 0 Å². The number of esters is 1. The molecular formula is C26H50O2. The van der Waals surface area contributed by atoms with Gasteiger partial charge in [-0.05, 0) is 20.8 Å². The first-order valence-electron chi connectivity index (χ1n) is 12.3. The van der Waals surface area contributed by atoms with Crippen molar-refractivity contribution in [3.05, 3.63) is 12.7 Å². The van der Waals surface area contributed by atoms with E-state index in [-0.39, 0.29) is 5.97 Å². The zero-order chi connectivity index (χ0) is 20.9. The van der Waals surface area contributed by atoms with Crippen LogP contribution < -0.4 is 0 Å². The van der Waals surface area contributed by atoms with Crippen molar-refractivity contribution in [3.63, 3.8) is 0 Å². The molecule has 0 heterocycles. The zero-order valence-corrected chi connectivity index (χ0v) is 19.5. The van der Waals surface area contributed by atoms with Gasteiger partial charge in [-0.25, -0.2) is 4.79 Å². The first-order valence-corrected chi connectivity index (χ1v) is 12.3. The van der Waals surface area contributed by atoms with Crippen molar-refractivity contribution >= 4 is 5.97 Å². The fourth-order valence-electron chi connectivity index (χ4n) is 3.70. The first kappa shape index (κ1) is 27.2. The van der Waals surface area contributed by atoms with E-state index >= 15 is 0 Å². The molecule has 0 aromatic heterocycles. The van der Waals surface area contributed by atoms with Gasteiger partial charge in [0.1, 0.15) is 5.60 Å². The molecule has 1 aliphatic carbocycles. The van der Waals surface area contributed by atoms with Gasteiger partial charge in [-0.2, -0.15) is 0 Å². The summed E-state index contributed by atoms with van der Waals surface area (Å²) in [5.74, 6) is -0.373. The van der Waals surface area contributed by atoms with E-state index in [0.717, 1.165) is 6.08 Å². The Balaban J connectivity index is 0.000000684. The Morgan fingerprint density at radius 3 is 0.821 bits per heavy atom. The van der Waals surface area contributed by atoms with Gasteiger partial charge in [0, 0.05) is 6.08 Å². The minimum absolute atomic E-state index is 0.373. The Morgan fingerprint density at radius 1 is 0.571 bits per heavy atom. The van der Waals surface area contributed by atoms with Crippen LogP contribution in [0.15, 0.2) is 12.7 Å². The quantitative estimate of drug-likeness (QED) is 0.328. The standard InChI is InChI=1S/C19H38.C7H12O2/c1-2-4-6-8-10-12-14-16-18-19-17-15-13-11-9-7-5-3-1;1-5-6(8)9-7(2,3)4/h1-19H2;5H,1H2,2-4H3. The van der Waals surface area contributed by atoms with Crippen molar-refractivity contribution < 1.29 is 9.53 Å². The van der Waals surface area contributed by atoms with Crippen LogP contribution in [0, 0.1) is 0 Å². The third-order valence-electron chi connectivity index (χ3n) is 5.32. The molecule has 2 heteroatoms. The second kappa shape index (κ2) is 19.5. The monoisotopic (exact) mass is 394 g/mol. The van der Waals surface area contributed by atoms with Gasteiger partial charge < -0.3 is 4.74 Å². The third kappa shape index (κ3) is 23.2. The summed E-state index contributed by atoms with van der Waals surface area (Å²) in [6.45, 7) is 8.71. The Labute approximate surface area is 176 Å². The molecule has 28 heavy (non-hydrogen) atoms. The minimum atomic E-state index is -0.398. The van der Waals surface area contributed by atoms with Gasteiger partial charge in [0.2, 0.25) is 0 Å². The number of carbonyl (C=O) groups is 1. The molecule has 0 spiro atoms. The molecule has 0 radical (unpaired) electrons. The van der Waals surface area contributed by atoms with Crippen molar-refractivity contribution in [2.75, 3.05) is 0 Å². The molecule has 1 saturated carbocycles. The number of carbonyl (C=O) groups excluding carboxylic acids is 1. The van der Waals surface area contributed by atoms with Crippen molar-refractivity contribution in [1.29, 1.82) is 0 Å². The summed E-state index contributed by atoms with van der Waals surface area (Å²) >= 11 is 0. The average molecular weight is 395 g/mol. The normalized spacial score (nSPS) is 19.7. The average Bonchev–Trinajstić information content (AvgIpc) is 2.64. The summed E-state index contributed by atoms with van der Waals surface area (Å²) in [6, 6.07) is 0. The van der Waals surface area contributed by atoms with E-state index in [9.17, 15) is 4.79 Å². The van der Waals surface area contributed by atoms with Crippen molar-refractivity contribution in [2.45, 2.75) is 148 Å². The Hall–Kier alpha value is -0.790. The van der Waals surface area contributed by atoms with Crippen LogP contribution in [0.25, 0.3) is 0 Å². The van der Waals surface area contributed by atoms with Crippen LogP contribution in [0.3, 0.4) is 0 Å². The van der Waals surface area contributed by atoms with Crippen molar-refractivity contribution in [2.24, 2.45) is 0 Å². The third-order valence-corrected chi connectivity index (χ3v) is 5.32. The fraction of sp³-hybridized carbons (Fsp3) is 0.885. The zero-order valence-electron chi connectivity index (χ0n) is 19.5. The molecular weight excluding hydrogens is 344 g/mol. The summed E-state index contributed by atoms with van der Waals surface area (Å²) in [5, 5.41) is 0. The van der Waals surface area contributed by atoms with E-state index in [4.69, 9.17) is 4.74 Å². The molecule has 0 aromatic carbocycles. The lowest BCUT2D eigenvalue weighted by atomic mass is 10.0. The minimum Gasteiger partial charge on any atom is -0.457 e. The summed E-state index contributed by atoms with van der Waals surface area (Å²) in [5.41, 5.74) is -0.398. The van der Waals surface area contributed by atoms with Gasteiger partial charge in [-0.1, -0.05) is 129 Å². The Kier molecular flexibility index (Phi) is 19.0. The Morgan fingerprint density at radius 2 is 0.750 bits per heavy atom. The predicted octanol–water partition coefficient (Wildman–Crippen LogP) is 8.93. The molecule has 0 N–H and O–H groups in total. The first-order chi connectivity index (χ1) is 13.5. The molecule has 2 nitrogen and oxygen atoms in total. The van der Waals surface area contributed by atoms with Gasteiger partial charge in [-0.15, -0.1) is 0 Å². The topological polar surface area (TPSA) is 26.3 Å². The lowest BCUT2D eigenvalue weighted by molar-refractivity contribution is -0.148. The van der Waals surface area contributed by atoms with E-state index < -0.39 is 5.60 Å². The summed E-state index contributed by atoms with van der Waals surface area (Å²) in [6.07, 6.45) is 29.7. The van der Waals surface area contributed by atoms with Gasteiger partial charge in [0.05, 0.1) is 0 Å². The van der Waals surface area contributed by atoms with E-state index in [1.54, 1.807) is 0 Å². The van der Waals surface area contributed by atoms with Crippen LogP contribution in [0.2, 0.25) is 0 Å². The summed E-state index contributed by atoms with van der Waals surface area (Å²) in [7, 11) is 0. The highest BCUT2D eigenvalue weighted by atomic mass is 16.6. The maximum atomic E-state index is 10.5. The number of hydrogen-bond acceptors (Lipinski definition) is 2. The molecule has 0 aliphatic heterocycles. The molecule has 1 aliphatic rings.